The number of fused-ring (bicyclic) bond motifs is 1. The third-order valence-corrected chi connectivity index (χ3v) is 5.44. The Labute approximate surface area is 155 Å². The molecule has 9 heteroatoms. The van der Waals surface area contributed by atoms with Crippen LogP contribution < -0.4 is 10.9 Å². The highest BCUT2D eigenvalue weighted by Crippen LogP contribution is 2.29. The van der Waals surface area contributed by atoms with Crippen LogP contribution in [0.1, 0.15) is 32.1 Å². The first-order chi connectivity index (χ1) is 13.0. The van der Waals surface area contributed by atoms with Crippen LogP contribution >= 0.6 is 0 Å². The van der Waals surface area contributed by atoms with Crippen molar-refractivity contribution in [1.82, 2.24) is 14.3 Å². The molecule has 2 aromatic heterocycles. The van der Waals surface area contributed by atoms with Gasteiger partial charge < -0.3 is 10.2 Å². The molecule has 1 atom stereocenters. The molecule has 1 saturated carbocycles. The van der Waals surface area contributed by atoms with Gasteiger partial charge in [-0.3, -0.25) is 24.1 Å². The summed E-state index contributed by atoms with van der Waals surface area (Å²) in [5, 5.41) is 14.5. The summed E-state index contributed by atoms with van der Waals surface area (Å²) < 4.78 is 1.16. The number of hydrogen-bond acceptors (Lipinski definition) is 6. The quantitative estimate of drug-likeness (QED) is 0.648. The van der Waals surface area contributed by atoms with Gasteiger partial charge in [-0.1, -0.05) is 18.9 Å². The van der Waals surface area contributed by atoms with E-state index in [2.05, 4.69) is 10.3 Å². The van der Waals surface area contributed by atoms with Gasteiger partial charge in [-0.15, -0.1) is 0 Å². The van der Waals surface area contributed by atoms with E-state index >= 15 is 0 Å². The van der Waals surface area contributed by atoms with Crippen molar-refractivity contribution < 1.29 is 9.72 Å². The van der Waals surface area contributed by atoms with Crippen LogP contribution in [-0.2, 0) is 4.79 Å². The molecule has 0 spiro atoms. The Morgan fingerprint density at radius 3 is 2.78 bits per heavy atom. The average Bonchev–Trinajstić information content (AvgIpc) is 3.33. The van der Waals surface area contributed by atoms with Crippen LogP contribution in [0.25, 0.3) is 5.65 Å². The third kappa shape index (κ3) is 3.24. The van der Waals surface area contributed by atoms with Crippen molar-refractivity contribution in [1.29, 1.82) is 0 Å². The lowest BCUT2D eigenvalue weighted by Crippen LogP contribution is -2.35. The van der Waals surface area contributed by atoms with E-state index in [4.69, 9.17) is 0 Å². The molecule has 1 N–H and O–H groups in total. The first-order valence-corrected chi connectivity index (χ1v) is 9.25. The van der Waals surface area contributed by atoms with Gasteiger partial charge in [-0.2, -0.15) is 0 Å². The van der Waals surface area contributed by atoms with Crippen molar-refractivity contribution in [3.8, 4) is 0 Å². The Bertz CT molecular complexity index is 950. The molecule has 4 rings (SSSR count). The highest BCUT2D eigenvalue weighted by Gasteiger charge is 2.34. The van der Waals surface area contributed by atoms with Gasteiger partial charge in [0, 0.05) is 31.2 Å². The van der Waals surface area contributed by atoms with Crippen LogP contribution in [0, 0.1) is 16.0 Å². The molecule has 1 aliphatic carbocycles. The van der Waals surface area contributed by atoms with Crippen LogP contribution in [0.2, 0.25) is 0 Å². The molecule has 1 aliphatic heterocycles. The van der Waals surface area contributed by atoms with Gasteiger partial charge in [-0.25, -0.2) is 4.98 Å². The Kier molecular flexibility index (Phi) is 4.51. The van der Waals surface area contributed by atoms with Crippen molar-refractivity contribution in [2.24, 2.45) is 5.92 Å². The number of rotatable bonds is 4. The second-order valence-electron chi connectivity index (χ2n) is 7.20. The maximum absolute atomic E-state index is 12.6. The minimum atomic E-state index is -0.718. The minimum absolute atomic E-state index is 0.0311. The second kappa shape index (κ2) is 6.98. The smallest absolute Gasteiger partial charge is 0.360 e. The molecule has 2 fully saturated rings. The number of nitro groups is 1. The predicted octanol–water partition coefficient (Wildman–Crippen LogP) is 1.81. The molecular weight excluding hydrogens is 350 g/mol. The fraction of sp³-hybridized carbons (Fsp3) is 0.500. The number of carbonyl (C=O) groups is 1. The second-order valence-corrected chi connectivity index (χ2v) is 7.20. The highest BCUT2D eigenvalue weighted by atomic mass is 16.6. The van der Waals surface area contributed by atoms with Crippen molar-refractivity contribution in [3.63, 3.8) is 0 Å². The summed E-state index contributed by atoms with van der Waals surface area (Å²) in [6.45, 7) is 1.09. The number of pyridine rings is 1. The Morgan fingerprint density at radius 1 is 1.26 bits per heavy atom. The Morgan fingerprint density at radius 2 is 2.04 bits per heavy atom. The molecular formula is C18H21N5O4. The van der Waals surface area contributed by atoms with E-state index in [0.717, 1.165) is 30.1 Å². The Hall–Kier alpha value is -2.97. The zero-order valence-corrected chi connectivity index (χ0v) is 14.8. The first kappa shape index (κ1) is 17.4. The molecule has 1 unspecified atom stereocenters. The summed E-state index contributed by atoms with van der Waals surface area (Å²) in [5.41, 5.74) is -0.947. The number of nitrogens with zero attached hydrogens (tertiary/aromatic N) is 4. The van der Waals surface area contributed by atoms with Crippen LogP contribution in [0.5, 0.6) is 0 Å². The summed E-state index contributed by atoms with van der Waals surface area (Å²) >= 11 is 0. The van der Waals surface area contributed by atoms with Crippen molar-refractivity contribution in [2.45, 2.75) is 38.1 Å². The molecule has 0 bridgehead atoms. The number of nitrogens with one attached hydrogen (secondary N) is 1. The topological polar surface area (TPSA) is 110 Å². The SMILES string of the molecule is O=C(C1CCCC1)N1CCC(Nc2nc3ccccn3c(=O)c2[N+](=O)[O-])C1. The molecule has 2 aromatic rings. The molecule has 3 heterocycles. The van der Waals surface area contributed by atoms with Gasteiger partial charge >= 0.3 is 11.2 Å². The number of anilines is 1. The normalized spacial score (nSPS) is 20.3. The number of amides is 1. The number of hydrogen-bond donors (Lipinski definition) is 1. The van der Waals surface area contributed by atoms with Gasteiger partial charge in [0.05, 0.1) is 4.92 Å². The lowest BCUT2D eigenvalue weighted by Gasteiger charge is -2.20. The van der Waals surface area contributed by atoms with Crippen LogP contribution in [0.3, 0.4) is 0 Å². The largest absolute Gasteiger partial charge is 0.376 e. The molecule has 0 radical (unpaired) electrons. The highest BCUT2D eigenvalue weighted by molar-refractivity contribution is 5.79. The van der Waals surface area contributed by atoms with Gasteiger partial charge in [0.1, 0.15) is 5.65 Å². The lowest BCUT2D eigenvalue weighted by molar-refractivity contribution is -0.385. The van der Waals surface area contributed by atoms with Crippen molar-refractivity contribution in [3.05, 3.63) is 44.9 Å². The summed E-state index contributed by atoms with van der Waals surface area (Å²) in [6, 6.07) is 4.80. The molecule has 142 valence electrons. The van der Waals surface area contributed by atoms with Gasteiger partial charge in [0.2, 0.25) is 11.7 Å². The zero-order valence-electron chi connectivity index (χ0n) is 14.8. The number of carbonyl (C=O) groups excluding carboxylic acids is 1. The lowest BCUT2D eigenvalue weighted by atomic mass is 10.1. The molecule has 27 heavy (non-hydrogen) atoms. The van der Waals surface area contributed by atoms with E-state index in [0.29, 0.717) is 25.2 Å². The van der Waals surface area contributed by atoms with E-state index in [9.17, 15) is 19.7 Å². The predicted molar refractivity (Wildman–Crippen MR) is 98.7 cm³/mol. The molecule has 2 aliphatic rings. The van der Waals surface area contributed by atoms with Gasteiger partial charge in [-0.05, 0) is 31.4 Å². The third-order valence-electron chi connectivity index (χ3n) is 5.44. The zero-order chi connectivity index (χ0) is 19.0. The molecule has 0 aromatic carbocycles. The van der Waals surface area contributed by atoms with Crippen LogP contribution in [-0.4, -0.2) is 44.2 Å². The first-order valence-electron chi connectivity index (χ1n) is 9.25. The van der Waals surface area contributed by atoms with E-state index in [1.165, 1.54) is 6.20 Å². The van der Waals surface area contributed by atoms with E-state index in [1.807, 2.05) is 4.90 Å². The van der Waals surface area contributed by atoms with Crippen LogP contribution in [0.4, 0.5) is 11.5 Å². The molecule has 9 nitrogen and oxygen atoms in total. The van der Waals surface area contributed by atoms with E-state index < -0.39 is 16.2 Å². The van der Waals surface area contributed by atoms with Gasteiger partial charge in [0.25, 0.3) is 0 Å². The number of aromatic nitrogens is 2. The average molecular weight is 371 g/mol. The van der Waals surface area contributed by atoms with E-state index in [1.54, 1.807) is 18.2 Å². The molecule has 1 saturated heterocycles. The van der Waals surface area contributed by atoms with Crippen molar-refractivity contribution >= 4 is 23.1 Å². The maximum Gasteiger partial charge on any atom is 0.376 e. The summed E-state index contributed by atoms with van der Waals surface area (Å²) in [7, 11) is 0. The minimum Gasteiger partial charge on any atom is -0.360 e. The number of likely N-dealkylation sites (tertiary alicyclic amines) is 1. The fourth-order valence-corrected chi connectivity index (χ4v) is 4.05. The van der Waals surface area contributed by atoms with E-state index in [-0.39, 0.29) is 23.7 Å². The summed E-state index contributed by atoms with van der Waals surface area (Å²) in [5.74, 6) is 0.260. The summed E-state index contributed by atoms with van der Waals surface area (Å²) in [4.78, 5) is 41.9. The monoisotopic (exact) mass is 371 g/mol. The van der Waals surface area contributed by atoms with Gasteiger partial charge in [0.15, 0.2) is 0 Å². The molecule has 1 amide bonds. The fourth-order valence-electron chi connectivity index (χ4n) is 4.05. The Balaban J connectivity index is 1.57. The maximum atomic E-state index is 12.6. The van der Waals surface area contributed by atoms with Crippen molar-refractivity contribution in [2.75, 3.05) is 18.4 Å². The standard InChI is InChI=1S/C18H21N5O4/c24-17(12-5-1-2-6-12)21-10-8-13(11-21)19-16-15(23(26)27)18(25)22-9-4-3-7-14(22)20-16/h3-4,7,9,12-13,19H,1-2,5-6,8,10-11H2. The summed E-state index contributed by atoms with van der Waals surface area (Å²) in [6.07, 6.45) is 6.22. The van der Waals surface area contributed by atoms with Crippen LogP contribution in [0.15, 0.2) is 29.2 Å².